The number of halogens is 1. The average molecular weight is 347 g/mol. The summed E-state index contributed by atoms with van der Waals surface area (Å²) < 4.78 is 10.8. The second-order valence-electron chi connectivity index (χ2n) is 4.90. The second kappa shape index (κ2) is 7.53. The lowest BCUT2D eigenvalue weighted by atomic mass is 10.1. The summed E-state index contributed by atoms with van der Waals surface area (Å²) in [6.45, 7) is 0. The largest absolute Gasteiger partial charge is 0.497 e. The highest BCUT2D eigenvalue weighted by Crippen LogP contribution is 2.23. The van der Waals surface area contributed by atoms with Gasteiger partial charge in [0.05, 0.1) is 13.5 Å². The number of hydrogen-bond donors (Lipinski definition) is 0. The molecular formula is C17H15ClN2O2S. The fourth-order valence-electron chi connectivity index (χ4n) is 2.01. The second-order valence-corrected chi connectivity index (χ2v) is 6.26. The SMILES string of the molecule is COc1ccc(Cc2nnc(SCc3ccc(Cl)cc3)o2)cc1. The molecule has 0 atom stereocenters. The monoisotopic (exact) mass is 346 g/mol. The summed E-state index contributed by atoms with van der Waals surface area (Å²) in [4.78, 5) is 0. The van der Waals surface area contributed by atoms with Gasteiger partial charge in [-0.05, 0) is 35.4 Å². The van der Waals surface area contributed by atoms with Gasteiger partial charge in [0.25, 0.3) is 5.22 Å². The number of ether oxygens (including phenoxy) is 1. The van der Waals surface area contributed by atoms with Crippen molar-refractivity contribution in [1.29, 1.82) is 0 Å². The molecule has 118 valence electrons. The lowest BCUT2D eigenvalue weighted by Crippen LogP contribution is -1.89. The molecule has 0 N–H and O–H groups in total. The van der Waals surface area contributed by atoms with E-state index in [0.29, 0.717) is 17.5 Å². The molecule has 0 aliphatic rings. The van der Waals surface area contributed by atoms with Crippen molar-refractivity contribution in [3.05, 3.63) is 70.6 Å². The molecular weight excluding hydrogens is 332 g/mol. The van der Waals surface area contributed by atoms with Crippen molar-refractivity contribution in [2.24, 2.45) is 0 Å². The Morgan fingerprint density at radius 3 is 2.39 bits per heavy atom. The Morgan fingerprint density at radius 2 is 1.70 bits per heavy atom. The van der Waals surface area contributed by atoms with Gasteiger partial charge in [-0.2, -0.15) is 0 Å². The van der Waals surface area contributed by atoms with Crippen LogP contribution in [0, 0.1) is 0 Å². The maximum atomic E-state index is 5.87. The number of thioether (sulfide) groups is 1. The van der Waals surface area contributed by atoms with Gasteiger partial charge in [-0.1, -0.05) is 47.6 Å². The average Bonchev–Trinajstić information content (AvgIpc) is 3.02. The van der Waals surface area contributed by atoms with E-state index in [4.69, 9.17) is 20.8 Å². The molecule has 0 fully saturated rings. The van der Waals surface area contributed by atoms with Crippen LogP contribution in [-0.4, -0.2) is 17.3 Å². The Hall–Kier alpha value is -1.98. The highest BCUT2D eigenvalue weighted by molar-refractivity contribution is 7.98. The van der Waals surface area contributed by atoms with Gasteiger partial charge in [0.1, 0.15) is 5.75 Å². The van der Waals surface area contributed by atoms with Crippen LogP contribution in [0.15, 0.2) is 58.2 Å². The molecule has 1 aromatic heterocycles. The van der Waals surface area contributed by atoms with E-state index in [9.17, 15) is 0 Å². The first-order valence-corrected chi connectivity index (χ1v) is 8.42. The number of benzene rings is 2. The minimum Gasteiger partial charge on any atom is -0.497 e. The standard InChI is InChI=1S/C17H15ClN2O2S/c1-21-15-8-4-12(5-9-15)10-16-19-20-17(22-16)23-11-13-2-6-14(18)7-3-13/h2-9H,10-11H2,1H3. The predicted molar refractivity (Wildman–Crippen MR) is 91.1 cm³/mol. The van der Waals surface area contributed by atoms with Crippen molar-refractivity contribution in [2.75, 3.05) is 7.11 Å². The van der Waals surface area contributed by atoms with Gasteiger partial charge in [-0.3, -0.25) is 0 Å². The zero-order valence-electron chi connectivity index (χ0n) is 12.5. The molecule has 0 radical (unpaired) electrons. The predicted octanol–water partition coefficient (Wildman–Crippen LogP) is 4.61. The Labute approximate surface area is 143 Å². The van der Waals surface area contributed by atoms with Gasteiger partial charge < -0.3 is 9.15 Å². The zero-order valence-corrected chi connectivity index (χ0v) is 14.1. The van der Waals surface area contributed by atoms with Gasteiger partial charge in [-0.25, -0.2) is 0 Å². The number of rotatable bonds is 6. The van der Waals surface area contributed by atoms with Crippen molar-refractivity contribution >= 4 is 23.4 Å². The van der Waals surface area contributed by atoms with Crippen molar-refractivity contribution < 1.29 is 9.15 Å². The van der Waals surface area contributed by atoms with Gasteiger partial charge in [0.15, 0.2) is 0 Å². The first-order valence-electron chi connectivity index (χ1n) is 7.05. The summed E-state index contributed by atoms with van der Waals surface area (Å²) in [6.07, 6.45) is 0.610. The summed E-state index contributed by atoms with van der Waals surface area (Å²) in [6, 6.07) is 15.5. The lowest BCUT2D eigenvalue weighted by molar-refractivity contribution is 0.413. The summed E-state index contributed by atoms with van der Waals surface area (Å²) in [5.74, 6) is 2.20. The number of aromatic nitrogens is 2. The summed E-state index contributed by atoms with van der Waals surface area (Å²) in [7, 11) is 1.65. The molecule has 2 aromatic carbocycles. The number of methoxy groups -OCH3 is 1. The first kappa shape index (κ1) is 15.9. The number of nitrogens with zero attached hydrogens (tertiary/aromatic N) is 2. The van der Waals surface area contributed by atoms with Crippen LogP contribution in [0.25, 0.3) is 0 Å². The van der Waals surface area contributed by atoms with E-state index in [1.165, 1.54) is 11.8 Å². The Kier molecular flexibility index (Phi) is 5.20. The van der Waals surface area contributed by atoms with E-state index in [1.807, 2.05) is 48.5 Å². The molecule has 0 spiro atoms. The van der Waals surface area contributed by atoms with Crippen LogP contribution in [0.4, 0.5) is 0 Å². The molecule has 6 heteroatoms. The van der Waals surface area contributed by atoms with E-state index in [-0.39, 0.29) is 0 Å². The van der Waals surface area contributed by atoms with Crippen LogP contribution in [-0.2, 0) is 12.2 Å². The van der Waals surface area contributed by atoms with E-state index < -0.39 is 0 Å². The molecule has 23 heavy (non-hydrogen) atoms. The van der Waals surface area contributed by atoms with E-state index in [0.717, 1.165) is 27.7 Å². The van der Waals surface area contributed by atoms with Crippen LogP contribution in [0.5, 0.6) is 5.75 Å². The highest BCUT2D eigenvalue weighted by atomic mass is 35.5. The Bertz CT molecular complexity index is 757. The summed E-state index contributed by atoms with van der Waals surface area (Å²) in [5, 5.41) is 9.47. The minimum atomic E-state index is 0.573. The van der Waals surface area contributed by atoms with Gasteiger partial charge >= 0.3 is 0 Å². The fraction of sp³-hybridized carbons (Fsp3) is 0.176. The molecule has 0 aliphatic heterocycles. The van der Waals surface area contributed by atoms with Gasteiger partial charge in [-0.15, -0.1) is 10.2 Å². The summed E-state index contributed by atoms with van der Waals surface area (Å²) in [5.41, 5.74) is 2.26. The van der Waals surface area contributed by atoms with Crippen molar-refractivity contribution in [3.8, 4) is 5.75 Å². The van der Waals surface area contributed by atoms with Crippen LogP contribution >= 0.6 is 23.4 Å². The Balaban J connectivity index is 1.57. The van der Waals surface area contributed by atoms with Crippen molar-refractivity contribution in [1.82, 2.24) is 10.2 Å². The maximum absolute atomic E-state index is 5.87. The first-order chi connectivity index (χ1) is 11.2. The van der Waals surface area contributed by atoms with Crippen molar-refractivity contribution in [3.63, 3.8) is 0 Å². The quantitative estimate of drug-likeness (QED) is 0.610. The summed E-state index contributed by atoms with van der Waals surface area (Å²) >= 11 is 7.39. The molecule has 0 saturated carbocycles. The van der Waals surface area contributed by atoms with Crippen LogP contribution in [0.3, 0.4) is 0 Å². The van der Waals surface area contributed by atoms with Gasteiger partial charge in [0.2, 0.25) is 5.89 Å². The zero-order chi connectivity index (χ0) is 16.1. The Morgan fingerprint density at radius 1 is 1.00 bits per heavy atom. The van der Waals surface area contributed by atoms with E-state index in [1.54, 1.807) is 7.11 Å². The third kappa shape index (κ3) is 4.50. The third-order valence-electron chi connectivity index (χ3n) is 3.24. The molecule has 3 rings (SSSR count). The molecule has 0 unspecified atom stereocenters. The highest BCUT2D eigenvalue weighted by Gasteiger charge is 2.08. The van der Waals surface area contributed by atoms with Crippen molar-refractivity contribution in [2.45, 2.75) is 17.4 Å². The van der Waals surface area contributed by atoms with Crippen LogP contribution in [0.2, 0.25) is 5.02 Å². The molecule has 1 heterocycles. The van der Waals surface area contributed by atoms with E-state index in [2.05, 4.69) is 10.2 Å². The molecule has 0 amide bonds. The molecule has 0 saturated heterocycles. The molecule has 0 bridgehead atoms. The minimum absolute atomic E-state index is 0.573. The number of hydrogen-bond acceptors (Lipinski definition) is 5. The lowest BCUT2D eigenvalue weighted by Gasteiger charge is -2.00. The molecule has 3 aromatic rings. The third-order valence-corrected chi connectivity index (χ3v) is 4.38. The topological polar surface area (TPSA) is 48.2 Å². The fourth-order valence-corrected chi connectivity index (χ4v) is 2.87. The smallest absolute Gasteiger partial charge is 0.276 e. The van der Waals surface area contributed by atoms with E-state index >= 15 is 0 Å². The van der Waals surface area contributed by atoms with Crippen LogP contribution < -0.4 is 4.74 Å². The van der Waals surface area contributed by atoms with Gasteiger partial charge in [0, 0.05) is 10.8 Å². The molecule has 0 aliphatic carbocycles. The normalized spacial score (nSPS) is 10.7. The van der Waals surface area contributed by atoms with Crippen LogP contribution in [0.1, 0.15) is 17.0 Å². The molecule has 4 nitrogen and oxygen atoms in total. The maximum Gasteiger partial charge on any atom is 0.276 e.